The van der Waals surface area contributed by atoms with Gasteiger partial charge in [-0.25, -0.2) is 0 Å². The van der Waals surface area contributed by atoms with E-state index in [9.17, 15) is 19.2 Å². The van der Waals surface area contributed by atoms with E-state index in [1.165, 1.54) is 0 Å². The van der Waals surface area contributed by atoms with Crippen molar-refractivity contribution < 1.29 is 23.9 Å². The monoisotopic (exact) mass is 412 g/mol. The van der Waals surface area contributed by atoms with Crippen LogP contribution in [0.1, 0.15) is 83.1 Å². The van der Waals surface area contributed by atoms with Crippen LogP contribution in [0.2, 0.25) is 0 Å². The average Bonchev–Trinajstić information content (AvgIpc) is 2.47. The lowest BCUT2D eigenvalue weighted by molar-refractivity contribution is -0.165. The van der Waals surface area contributed by atoms with Crippen molar-refractivity contribution in [2.45, 2.75) is 95.5 Å². The van der Waals surface area contributed by atoms with Crippen molar-refractivity contribution in [2.24, 2.45) is 21.7 Å². The summed E-state index contributed by atoms with van der Waals surface area (Å²) >= 11 is 0. The van der Waals surface area contributed by atoms with Crippen molar-refractivity contribution in [2.75, 3.05) is 0 Å². The molecule has 0 rings (SSSR count). The number of hydrogen-bond acceptors (Lipinski definition) is 5. The maximum atomic E-state index is 13.0. The fourth-order valence-corrected chi connectivity index (χ4v) is 1.92. The van der Waals surface area contributed by atoms with E-state index < -0.39 is 57.5 Å². The molecule has 0 heterocycles. The number of ketones is 2. The van der Waals surface area contributed by atoms with E-state index in [-0.39, 0.29) is 0 Å². The van der Waals surface area contributed by atoms with E-state index >= 15 is 0 Å². The minimum absolute atomic E-state index is 0.396. The summed E-state index contributed by atoms with van der Waals surface area (Å²) < 4.78 is 5.80. The van der Waals surface area contributed by atoms with Crippen molar-refractivity contribution >= 4 is 23.4 Å². The summed E-state index contributed by atoms with van der Waals surface area (Å²) in [4.78, 5) is 50.9. The Morgan fingerprint density at radius 1 is 0.517 bits per heavy atom. The Morgan fingerprint density at radius 3 is 0.931 bits per heavy atom. The minimum atomic E-state index is -1.38. The highest BCUT2D eigenvalue weighted by Crippen LogP contribution is 2.24. The van der Waals surface area contributed by atoms with Crippen LogP contribution in [0.25, 0.3) is 0 Å². The maximum absolute atomic E-state index is 13.0. The summed E-state index contributed by atoms with van der Waals surface area (Å²) in [5.74, 6) is -1.59. The zero-order valence-corrected chi connectivity index (χ0v) is 20.2. The largest absolute Gasteiger partial charge is 0.324 e. The van der Waals surface area contributed by atoms with E-state index in [2.05, 4.69) is 10.6 Å². The molecule has 2 atom stereocenters. The van der Waals surface area contributed by atoms with Crippen molar-refractivity contribution in [3.05, 3.63) is 0 Å². The quantitative estimate of drug-likeness (QED) is 0.652. The first-order valence-corrected chi connectivity index (χ1v) is 9.94. The van der Waals surface area contributed by atoms with Crippen LogP contribution in [0.4, 0.5) is 0 Å². The topological polar surface area (TPSA) is 102 Å². The number of amides is 2. The number of Topliss-reactive ketones (excluding diaryl/α,β-unsaturated/α-hetero) is 2. The predicted octanol–water partition coefficient (Wildman–Crippen LogP) is 3.21. The molecule has 0 bridgehead atoms. The molecule has 168 valence electrons. The Balaban J connectivity index is 6.01. The molecule has 29 heavy (non-hydrogen) atoms. The zero-order chi connectivity index (χ0) is 23.6. The standard InChI is InChI=1S/C22H40N2O5/c1-19(2,3)13(25)15(23-17(27)21(7,8)9)29-16(14(26)20(4,5)6)24-18(28)22(10,11)12/h15-16H,1-12H3,(H,23,27)(H,24,28)/t15-,16+. The van der Waals surface area contributed by atoms with Gasteiger partial charge in [0, 0.05) is 21.7 Å². The summed E-state index contributed by atoms with van der Waals surface area (Å²) in [5.41, 5.74) is -3.20. The molecule has 7 heteroatoms. The first kappa shape index (κ1) is 27.2. The zero-order valence-electron chi connectivity index (χ0n) is 20.2. The Morgan fingerprint density at radius 2 is 0.759 bits per heavy atom. The SMILES string of the molecule is CC(C)(C)C(=O)N[C@H](O[C@H](NC(=O)C(C)(C)C)C(=O)C(C)(C)C)C(=O)C(C)(C)C. The fourth-order valence-electron chi connectivity index (χ4n) is 1.92. The van der Waals surface area contributed by atoms with Crippen molar-refractivity contribution in [3.8, 4) is 0 Å². The molecule has 0 spiro atoms. The molecular formula is C22H40N2O5. The molecule has 0 saturated carbocycles. The molecule has 0 radical (unpaired) electrons. The minimum Gasteiger partial charge on any atom is -0.324 e. The van der Waals surface area contributed by atoms with Gasteiger partial charge in [0.2, 0.25) is 11.8 Å². The molecule has 2 N–H and O–H groups in total. The van der Waals surface area contributed by atoms with Crippen LogP contribution < -0.4 is 10.6 Å². The summed E-state index contributed by atoms with van der Waals surface area (Å²) in [6.07, 6.45) is -2.75. The van der Waals surface area contributed by atoms with Crippen LogP contribution in [0.3, 0.4) is 0 Å². The normalized spacial score (nSPS) is 15.3. The van der Waals surface area contributed by atoms with Gasteiger partial charge in [-0.3, -0.25) is 19.2 Å². The van der Waals surface area contributed by atoms with Gasteiger partial charge in [-0.2, -0.15) is 0 Å². The molecule has 0 aliphatic heterocycles. The number of rotatable bonds is 6. The molecule has 0 fully saturated rings. The van der Waals surface area contributed by atoms with Crippen molar-refractivity contribution in [1.82, 2.24) is 10.6 Å². The number of carbonyl (C=O) groups excluding carboxylic acids is 4. The van der Waals surface area contributed by atoms with Gasteiger partial charge in [0.15, 0.2) is 24.0 Å². The second kappa shape index (κ2) is 8.94. The molecule has 0 aromatic rings. The fraction of sp³-hybridized carbons (Fsp3) is 0.818. The third-order valence-electron chi connectivity index (χ3n) is 4.11. The lowest BCUT2D eigenvalue weighted by Gasteiger charge is -2.33. The number of nitrogens with one attached hydrogen (secondary N) is 2. The van der Waals surface area contributed by atoms with Gasteiger partial charge >= 0.3 is 0 Å². The molecule has 0 saturated heterocycles. The highest BCUT2D eigenvalue weighted by molar-refractivity contribution is 5.95. The van der Waals surface area contributed by atoms with Crippen LogP contribution >= 0.6 is 0 Å². The Kier molecular flexibility index (Phi) is 8.40. The molecule has 0 unspecified atom stereocenters. The highest BCUT2D eigenvalue weighted by Gasteiger charge is 2.40. The van der Waals surface area contributed by atoms with Crippen molar-refractivity contribution in [1.29, 1.82) is 0 Å². The lowest BCUT2D eigenvalue weighted by atomic mass is 9.87. The highest BCUT2D eigenvalue weighted by atomic mass is 16.5. The predicted molar refractivity (Wildman–Crippen MR) is 113 cm³/mol. The van der Waals surface area contributed by atoms with Gasteiger partial charge in [0.25, 0.3) is 0 Å². The first-order chi connectivity index (χ1) is 12.6. The van der Waals surface area contributed by atoms with E-state index in [1.807, 2.05) is 0 Å². The van der Waals surface area contributed by atoms with E-state index in [0.717, 1.165) is 0 Å². The molecule has 0 aliphatic carbocycles. The molecule has 0 aromatic heterocycles. The summed E-state index contributed by atoms with van der Waals surface area (Å²) in [6.45, 7) is 20.4. The second-order valence-corrected chi connectivity index (χ2v) is 11.6. The van der Waals surface area contributed by atoms with E-state index in [4.69, 9.17) is 4.74 Å². The number of carbonyl (C=O) groups is 4. The van der Waals surface area contributed by atoms with Gasteiger partial charge in [-0.05, 0) is 0 Å². The molecule has 2 amide bonds. The van der Waals surface area contributed by atoms with Crippen molar-refractivity contribution in [3.63, 3.8) is 0 Å². The third kappa shape index (κ3) is 8.64. The van der Waals surface area contributed by atoms with Crippen LogP contribution in [0.15, 0.2) is 0 Å². The second-order valence-electron chi connectivity index (χ2n) is 11.6. The Bertz CT molecular complexity index is 584. The number of ether oxygens (including phenoxy) is 1. The van der Waals surface area contributed by atoms with Gasteiger partial charge in [0.1, 0.15) is 0 Å². The van der Waals surface area contributed by atoms with E-state index in [0.29, 0.717) is 0 Å². The summed E-state index contributed by atoms with van der Waals surface area (Å²) in [7, 11) is 0. The number of hydrogen-bond donors (Lipinski definition) is 2. The Hall–Kier alpha value is -1.76. The van der Waals surface area contributed by atoms with E-state index in [1.54, 1.807) is 83.1 Å². The Labute approximate surface area is 175 Å². The first-order valence-electron chi connectivity index (χ1n) is 9.94. The molecule has 7 nitrogen and oxygen atoms in total. The third-order valence-corrected chi connectivity index (χ3v) is 4.11. The van der Waals surface area contributed by atoms with Gasteiger partial charge in [-0.15, -0.1) is 0 Å². The molecule has 0 aromatic carbocycles. The van der Waals surface area contributed by atoms with Gasteiger partial charge in [-0.1, -0.05) is 83.1 Å². The van der Waals surface area contributed by atoms with Crippen LogP contribution in [-0.4, -0.2) is 35.8 Å². The van der Waals surface area contributed by atoms with Gasteiger partial charge in [0.05, 0.1) is 0 Å². The summed E-state index contributed by atoms with van der Waals surface area (Å²) in [5, 5.41) is 5.20. The van der Waals surface area contributed by atoms with Crippen LogP contribution in [0, 0.1) is 21.7 Å². The van der Waals surface area contributed by atoms with Crippen LogP contribution in [0.5, 0.6) is 0 Å². The average molecular weight is 413 g/mol. The molecule has 0 aliphatic rings. The summed E-state index contributed by atoms with van der Waals surface area (Å²) in [6, 6.07) is 0. The van der Waals surface area contributed by atoms with Gasteiger partial charge < -0.3 is 15.4 Å². The maximum Gasteiger partial charge on any atom is 0.227 e. The van der Waals surface area contributed by atoms with Crippen LogP contribution in [-0.2, 0) is 23.9 Å². The smallest absolute Gasteiger partial charge is 0.227 e. The molecular weight excluding hydrogens is 372 g/mol. The lowest BCUT2D eigenvalue weighted by Crippen LogP contribution is -2.57.